The van der Waals surface area contributed by atoms with Crippen LogP contribution < -0.4 is 9.47 Å². The van der Waals surface area contributed by atoms with Gasteiger partial charge in [0.05, 0.1) is 19.3 Å². The average molecular weight is 266 g/mol. The Morgan fingerprint density at radius 1 is 1.16 bits per heavy atom. The molecule has 1 aromatic carbocycles. The van der Waals surface area contributed by atoms with Crippen LogP contribution in [0, 0.1) is 5.92 Å². The molecular formula is C13H14O6. The van der Waals surface area contributed by atoms with E-state index < -0.39 is 11.9 Å². The van der Waals surface area contributed by atoms with E-state index in [1.54, 1.807) is 0 Å². The maximum atomic E-state index is 10.4. The third-order valence-electron chi connectivity index (χ3n) is 4.09. The highest BCUT2D eigenvalue weighted by Gasteiger charge is 2.58. The van der Waals surface area contributed by atoms with Crippen molar-refractivity contribution in [3.8, 4) is 11.5 Å². The van der Waals surface area contributed by atoms with Crippen LogP contribution in [0.3, 0.4) is 0 Å². The van der Waals surface area contributed by atoms with Gasteiger partial charge in [-0.1, -0.05) is 6.07 Å². The van der Waals surface area contributed by atoms with Crippen LogP contribution in [0.4, 0.5) is 0 Å². The quantitative estimate of drug-likeness (QED) is 0.755. The first-order chi connectivity index (χ1) is 9.18. The Kier molecular flexibility index (Phi) is 2.32. The predicted molar refractivity (Wildman–Crippen MR) is 61.7 cm³/mol. The molecule has 4 atom stereocenters. The number of hydrogen-bond acceptors (Lipinski definition) is 6. The SMILES string of the molecule is O[C@H]1OC[C@@H]2[C@@H](c3ccc4c(c3)OCO4)OC[C@@]21O. The van der Waals surface area contributed by atoms with Gasteiger partial charge in [-0.15, -0.1) is 0 Å². The molecule has 0 bridgehead atoms. The van der Waals surface area contributed by atoms with Gasteiger partial charge in [0.1, 0.15) is 5.60 Å². The van der Waals surface area contributed by atoms with E-state index in [2.05, 4.69) is 0 Å². The smallest absolute Gasteiger partial charge is 0.231 e. The summed E-state index contributed by atoms with van der Waals surface area (Å²) < 4.78 is 21.4. The van der Waals surface area contributed by atoms with Crippen molar-refractivity contribution in [2.24, 2.45) is 5.92 Å². The number of benzene rings is 1. The zero-order valence-corrected chi connectivity index (χ0v) is 10.1. The number of hydrogen-bond donors (Lipinski definition) is 2. The van der Waals surface area contributed by atoms with Gasteiger partial charge in [0.2, 0.25) is 6.79 Å². The molecular weight excluding hydrogens is 252 g/mol. The van der Waals surface area contributed by atoms with Crippen LogP contribution in [0.25, 0.3) is 0 Å². The minimum absolute atomic E-state index is 0.0674. The van der Waals surface area contributed by atoms with Crippen molar-refractivity contribution >= 4 is 0 Å². The van der Waals surface area contributed by atoms with Gasteiger partial charge < -0.3 is 29.2 Å². The Morgan fingerprint density at radius 2 is 2.00 bits per heavy atom. The Morgan fingerprint density at radius 3 is 2.89 bits per heavy atom. The molecule has 19 heavy (non-hydrogen) atoms. The molecule has 102 valence electrons. The Balaban J connectivity index is 1.67. The van der Waals surface area contributed by atoms with E-state index in [4.69, 9.17) is 18.9 Å². The summed E-state index contributed by atoms with van der Waals surface area (Å²) in [5, 5.41) is 20.1. The van der Waals surface area contributed by atoms with Gasteiger partial charge in [-0.25, -0.2) is 0 Å². The van der Waals surface area contributed by atoms with Gasteiger partial charge in [0.15, 0.2) is 17.8 Å². The monoisotopic (exact) mass is 266 g/mol. The van der Waals surface area contributed by atoms with E-state index in [1.807, 2.05) is 18.2 Å². The molecule has 3 aliphatic heterocycles. The largest absolute Gasteiger partial charge is 0.454 e. The zero-order valence-electron chi connectivity index (χ0n) is 10.1. The van der Waals surface area contributed by atoms with Gasteiger partial charge >= 0.3 is 0 Å². The summed E-state index contributed by atoms with van der Waals surface area (Å²) in [6.07, 6.45) is -1.49. The van der Waals surface area contributed by atoms with Gasteiger partial charge in [0, 0.05) is 5.92 Å². The molecule has 2 N–H and O–H groups in total. The van der Waals surface area contributed by atoms with Gasteiger partial charge in [0.25, 0.3) is 0 Å². The number of rotatable bonds is 1. The maximum absolute atomic E-state index is 10.4. The summed E-state index contributed by atoms with van der Waals surface area (Å²) in [5.41, 5.74) is -0.427. The molecule has 2 saturated heterocycles. The lowest BCUT2D eigenvalue weighted by Gasteiger charge is -2.23. The molecule has 4 rings (SSSR count). The lowest BCUT2D eigenvalue weighted by atomic mass is 9.86. The Labute approximate surface area is 109 Å². The second-order valence-corrected chi connectivity index (χ2v) is 5.13. The topological polar surface area (TPSA) is 77.4 Å². The highest BCUT2D eigenvalue weighted by Crippen LogP contribution is 2.48. The van der Waals surface area contributed by atoms with Crippen molar-refractivity contribution in [3.05, 3.63) is 23.8 Å². The minimum Gasteiger partial charge on any atom is -0.454 e. The summed E-state index contributed by atoms with van der Waals surface area (Å²) in [5.74, 6) is 1.11. The first kappa shape index (κ1) is 11.5. The van der Waals surface area contributed by atoms with Crippen molar-refractivity contribution in [2.75, 3.05) is 20.0 Å². The van der Waals surface area contributed by atoms with Gasteiger partial charge in [-0.05, 0) is 17.7 Å². The van der Waals surface area contributed by atoms with E-state index in [0.29, 0.717) is 11.5 Å². The fraction of sp³-hybridized carbons (Fsp3) is 0.538. The summed E-state index contributed by atoms with van der Waals surface area (Å²) in [7, 11) is 0. The van der Waals surface area contributed by atoms with E-state index in [1.165, 1.54) is 0 Å². The van der Waals surface area contributed by atoms with Gasteiger partial charge in [-0.2, -0.15) is 0 Å². The maximum Gasteiger partial charge on any atom is 0.231 e. The number of fused-ring (bicyclic) bond motifs is 2. The normalized spacial score (nSPS) is 39.6. The minimum atomic E-state index is -1.32. The van der Waals surface area contributed by atoms with Crippen LogP contribution in [0.15, 0.2) is 18.2 Å². The molecule has 6 heteroatoms. The van der Waals surface area contributed by atoms with Crippen molar-refractivity contribution in [1.82, 2.24) is 0 Å². The molecule has 0 radical (unpaired) electrons. The standard InChI is InChI=1S/C13H14O6/c14-12-13(15)5-17-11(8(13)4-16-12)7-1-2-9-10(3-7)19-6-18-9/h1-3,8,11-12,14-15H,4-6H2/t8-,11-,12+,13-/m1/s1. The van der Waals surface area contributed by atoms with Crippen LogP contribution in [0.5, 0.6) is 11.5 Å². The average Bonchev–Trinajstić information content (AvgIpc) is 3.06. The van der Waals surface area contributed by atoms with Crippen LogP contribution >= 0.6 is 0 Å². The molecule has 0 spiro atoms. The molecule has 6 nitrogen and oxygen atoms in total. The zero-order chi connectivity index (χ0) is 13.0. The van der Waals surface area contributed by atoms with Crippen molar-refractivity contribution in [1.29, 1.82) is 0 Å². The summed E-state index contributed by atoms with van der Waals surface area (Å²) in [6, 6.07) is 5.56. The van der Waals surface area contributed by atoms with Crippen molar-refractivity contribution in [3.63, 3.8) is 0 Å². The number of aliphatic hydroxyl groups is 2. The molecule has 0 saturated carbocycles. The van der Waals surface area contributed by atoms with Crippen LogP contribution in [0.1, 0.15) is 11.7 Å². The highest BCUT2D eigenvalue weighted by atomic mass is 16.7. The Hall–Kier alpha value is -1.34. The van der Waals surface area contributed by atoms with Crippen LogP contribution in [0.2, 0.25) is 0 Å². The van der Waals surface area contributed by atoms with Gasteiger partial charge in [-0.3, -0.25) is 0 Å². The first-order valence-corrected chi connectivity index (χ1v) is 6.22. The lowest BCUT2D eigenvalue weighted by molar-refractivity contribution is -0.167. The summed E-state index contributed by atoms with van der Waals surface area (Å²) in [4.78, 5) is 0. The second kappa shape index (κ2) is 3.83. The lowest BCUT2D eigenvalue weighted by Crippen LogP contribution is -2.43. The fourth-order valence-electron chi connectivity index (χ4n) is 2.95. The Bertz CT molecular complexity index is 518. The first-order valence-electron chi connectivity index (χ1n) is 6.22. The van der Waals surface area contributed by atoms with Crippen molar-refractivity contribution in [2.45, 2.75) is 18.0 Å². The summed E-state index contributed by atoms with van der Waals surface area (Å²) >= 11 is 0. The van der Waals surface area contributed by atoms with E-state index >= 15 is 0 Å². The van der Waals surface area contributed by atoms with Crippen LogP contribution in [-0.2, 0) is 9.47 Å². The highest BCUT2D eigenvalue weighted by molar-refractivity contribution is 5.45. The van der Waals surface area contributed by atoms with Crippen LogP contribution in [-0.4, -0.2) is 42.1 Å². The number of ether oxygens (including phenoxy) is 4. The predicted octanol–water partition coefficient (Wildman–Crippen LogP) is 0.182. The van der Waals surface area contributed by atoms with E-state index in [0.717, 1.165) is 5.56 Å². The number of aliphatic hydroxyl groups excluding tert-OH is 1. The third-order valence-corrected chi connectivity index (χ3v) is 4.09. The van der Waals surface area contributed by atoms with E-state index in [9.17, 15) is 10.2 Å². The molecule has 0 amide bonds. The molecule has 2 fully saturated rings. The molecule has 0 aliphatic carbocycles. The molecule has 0 unspecified atom stereocenters. The molecule has 0 aromatic heterocycles. The van der Waals surface area contributed by atoms with E-state index in [-0.39, 0.29) is 32.0 Å². The molecule has 3 aliphatic rings. The molecule has 3 heterocycles. The fourth-order valence-corrected chi connectivity index (χ4v) is 2.95. The van der Waals surface area contributed by atoms with Crippen molar-refractivity contribution < 1.29 is 29.2 Å². The third kappa shape index (κ3) is 1.51. The second-order valence-electron chi connectivity index (χ2n) is 5.13. The summed E-state index contributed by atoms with van der Waals surface area (Å²) in [6.45, 7) is 0.564. The molecule has 1 aromatic rings.